The molecule has 3 amide bonds. The van der Waals surface area contributed by atoms with Gasteiger partial charge in [0.05, 0.1) is 35.7 Å². The van der Waals surface area contributed by atoms with E-state index in [0.717, 1.165) is 59.2 Å². The van der Waals surface area contributed by atoms with Crippen LogP contribution in [0.1, 0.15) is 69.2 Å². The zero-order chi connectivity index (χ0) is 34.0. The molecule has 1 aliphatic heterocycles. The number of benzene rings is 1. The summed E-state index contributed by atoms with van der Waals surface area (Å²) in [5.74, 6) is -2.50. The Bertz CT molecular complexity index is 1410. The largest absolute Gasteiger partial charge is 0.480 e. The minimum absolute atomic E-state index is 0.000883. The molecule has 1 unspecified atom stereocenters. The number of anilines is 2. The summed E-state index contributed by atoms with van der Waals surface area (Å²) >= 11 is 13.3. The van der Waals surface area contributed by atoms with Gasteiger partial charge in [0.25, 0.3) is 11.8 Å². The van der Waals surface area contributed by atoms with E-state index < -0.39 is 30.2 Å². The average Bonchev–Trinajstić information content (AvgIpc) is 3.49. The van der Waals surface area contributed by atoms with Crippen molar-refractivity contribution in [1.29, 1.82) is 0 Å². The number of nitrogens with zero attached hydrogens (tertiary/aromatic N) is 2. The highest BCUT2D eigenvalue weighted by Crippen LogP contribution is 2.39. The van der Waals surface area contributed by atoms with E-state index in [4.69, 9.17) is 37.4 Å². The van der Waals surface area contributed by atoms with Gasteiger partial charge >= 0.3 is 5.97 Å². The maximum absolute atomic E-state index is 14.5. The van der Waals surface area contributed by atoms with Gasteiger partial charge in [-0.15, -0.1) is 22.9 Å². The van der Waals surface area contributed by atoms with Crippen molar-refractivity contribution in [3.8, 4) is 5.75 Å². The zero-order valence-electron chi connectivity index (χ0n) is 26.9. The van der Waals surface area contributed by atoms with E-state index in [2.05, 4.69) is 5.38 Å². The summed E-state index contributed by atoms with van der Waals surface area (Å²) in [5, 5.41) is 1.99. The topological polar surface area (TPSA) is 102 Å². The van der Waals surface area contributed by atoms with E-state index in [1.807, 2.05) is 27.7 Å². The first kappa shape index (κ1) is 37.5. The van der Waals surface area contributed by atoms with Crippen LogP contribution in [-0.4, -0.2) is 62.5 Å². The second-order valence-corrected chi connectivity index (χ2v) is 12.8. The molecule has 1 aromatic heterocycles. The molecule has 2 aromatic rings. The van der Waals surface area contributed by atoms with E-state index in [0.29, 0.717) is 37.2 Å². The summed E-state index contributed by atoms with van der Waals surface area (Å²) in [7, 11) is 1.63. The van der Waals surface area contributed by atoms with Crippen LogP contribution in [0, 0.1) is 19.7 Å². The Labute approximate surface area is 283 Å². The van der Waals surface area contributed by atoms with Gasteiger partial charge in [-0.3, -0.25) is 14.4 Å². The second kappa shape index (κ2) is 17.8. The lowest BCUT2D eigenvalue weighted by Gasteiger charge is -2.29. The molecule has 0 N–H and O–H groups in total. The van der Waals surface area contributed by atoms with Crippen molar-refractivity contribution in [1.82, 2.24) is 0 Å². The van der Waals surface area contributed by atoms with Gasteiger partial charge in [0, 0.05) is 29.2 Å². The van der Waals surface area contributed by atoms with Crippen LogP contribution in [0.4, 0.5) is 15.8 Å². The highest BCUT2D eigenvalue weighted by Gasteiger charge is 2.41. The number of methoxy groups -OCH3 is 1. The van der Waals surface area contributed by atoms with E-state index >= 15 is 0 Å². The maximum Gasteiger partial charge on any atom is 0.344 e. The van der Waals surface area contributed by atoms with Crippen molar-refractivity contribution in [2.24, 2.45) is 0 Å². The van der Waals surface area contributed by atoms with Crippen LogP contribution in [0.5, 0.6) is 5.75 Å². The maximum atomic E-state index is 14.5. The minimum atomic E-state index is -0.814. The number of imide groups is 1. The second-order valence-electron chi connectivity index (χ2n) is 11.1. The number of halogens is 3. The predicted molar refractivity (Wildman–Crippen MR) is 179 cm³/mol. The number of aryl methyl sites for hydroxylation is 2. The van der Waals surface area contributed by atoms with Crippen LogP contribution >= 0.6 is 34.5 Å². The van der Waals surface area contributed by atoms with Crippen molar-refractivity contribution >= 4 is 69.6 Å². The smallest absolute Gasteiger partial charge is 0.344 e. The normalized spacial score (nSPS) is 14.9. The fourth-order valence-electron chi connectivity index (χ4n) is 5.37. The highest BCUT2D eigenvalue weighted by atomic mass is 35.5. The monoisotopic (exact) mass is 698 g/mol. The molecule has 0 spiro atoms. The molecule has 1 aliphatic carbocycles. The number of hydrogen-bond donors (Lipinski definition) is 0. The molecule has 0 radical (unpaired) electrons. The molecule has 2 aliphatic rings. The number of hydrogen-bond acceptors (Lipinski definition) is 8. The first-order valence-electron chi connectivity index (χ1n) is 15.3. The van der Waals surface area contributed by atoms with Gasteiger partial charge in [-0.05, 0) is 69.9 Å². The van der Waals surface area contributed by atoms with Crippen molar-refractivity contribution in [2.45, 2.75) is 78.7 Å². The van der Waals surface area contributed by atoms with Crippen molar-refractivity contribution in [3.05, 3.63) is 49.9 Å². The number of carbonyl (C=O) groups excluding carboxylic acids is 4. The Morgan fingerprint density at radius 1 is 1.11 bits per heavy atom. The third-order valence-corrected chi connectivity index (χ3v) is 9.12. The molecule has 1 aromatic carbocycles. The minimum Gasteiger partial charge on any atom is -0.480 e. The zero-order valence-corrected chi connectivity index (χ0v) is 29.2. The number of unbranched alkanes of at least 4 members (excludes halogenated alkanes) is 2. The molecule has 13 heteroatoms. The van der Waals surface area contributed by atoms with Crippen LogP contribution in [0.25, 0.3) is 0 Å². The predicted octanol–water partition coefficient (Wildman–Crippen LogP) is 7.31. The number of esters is 1. The molecule has 0 bridgehead atoms. The lowest BCUT2D eigenvalue weighted by molar-refractivity contribution is -0.146. The number of amides is 3. The Balaban J connectivity index is 0.000000289. The lowest BCUT2D eigenvalue weighted by atomic mass is 9.93. The summed E-state index contributed by atoms with van der Waals surface area (Å²) in [5.41, 5.74) is 2.76. The van der Waals surface area contributed by atoms with E-state index in [9.17, 15) is 23.6 Å². The molecule has 1 atom stereocenters. The molecule has 2 heterocycles. The van der Waals surface area contributed by atoms with E-state index in [1.165, 1.54) is 6.07 Å². The van der Waals surface area contributed by atoms with Gasteiger partial charge in [-0.25, -0.2) is 14.1 Å². The van der Waals surface area contributed by atoms with Crippen molar-refractivity contribution in [3.63, 3.8) is 0 Å². The Kier molecular flexibility index (Phi) is 14.5. The summed E-state index contributed by atoms with van der Waals surface area (Å²) in [6, 6.07) is 2.13. The fraction of sp³-hybridized carbons (Fsp3) is 0.515. The number of ether oxygens (including phenoxy) is 3. The number of alkyl halides is 1. The van der Waals surface area contributed by atoms with Crippen LogP contribution < -0.4 is 14.5 Å². The first-order valence-corrected chi connectivity index (χ1v) is 17.1. The third-order valence-electron chi connectivity index (χ3n) is 7.58. The highest BCUT2D eigenvalue weighted by molar-refractivity contribution is 7.10. The van der Waals surface area contributed by atoms with E-state index in [1.54, 1.807) is 23.3 Å². The van der Waals surface area contributed by atoms with Gasteiger partial charge in [0.2, 0.25) is 5.91 Å². The number of rotatable bonds is 13. The average molecular weight is 700 g/mol. The summed E-state index contributed by atoms with van der Waals surface area (Å²) in [6.07, 6.45) is 5.40. The van der Waals surface area contributed by atoms with Gasteiger partial charge in [-0.2, -0.15) is 0 Å². The number of carbonyl (C=O) groups is 4. The number of thiophene rings is 1. The molecular formula is C33H41Cl2FN2O7S. The fourth-order valence-corrected chi connectivity index (χ4v) is 6.54. The van der Waals surface area contributed by atoms with Crippen LogP contribution in [-0.2, 0) is 28.7 Å². The molecule has 0 saturated heterocycles. The van der Waals surface area contributed by atoms with Crippen molar-refractivity contribution < 1.29 is 37.8 Å². The Morgan fingerprint density at radius 3 is 2.30 bits per heavy atom. The molecule has 0 fully saturated rings. The standard InChI is InChI=1S/C21H23ClFNO5.C12H18ClNO2S/c1-2-3-6-9-28-19(25)12-29-18-11-17(16(23)10-15(18)22)24-20(26)13-7-4-5-8-14(13)21(24)27;1-8-7-17-10(3)12(8)14(11(15)5-13)9(2)6-16-4/h10-11H,2-9,12H2,1H3;7,9H,5-6H2,1-4H3. The Morgan fingerprint density at radius 2 is 1.76 bits per heavy atom. The third kappa shape index (κ3) is 9.08. The quantitative estimate of drug-likeness (QED) is 0.0936. The molecule has 9 nitrogen and oxygen atoms in total. The first-order chi connectivity index (χ1) is 22.0. The molecule has 46 heavy (non-hydrogen) atoms. The van der Waals surface area contributed by atoms with Gasteiger partial charge in [-0.1, -0.05) is 31.4 Å². The summed E-state index contributed by atoms with van der Waals surface area (Å²) in [6.45, 7) is 8.41. The van der Waals surface area contributed by atoms with Crippen molar-refractivity contribution in [2.75, 3.05) is 42.6 Å². The van der Waals surface area contributed by atoms with Crippen LogP contribution in [0.2, 0.25) is 5.02 Å². The molecular weight excluding hydrogens is 658 g/mol. The van der Waals surface area contributed by atoms with Gasteiger partial charge in [0.15, 0.2) is 6.61 Å². The summed E-state index contributed by atoms with van der Waals surface area (Å²) < 4.78 is 30.1. The lowest BCUT2D eigenvalue weighted by Crippen LogP contribution is -2.42. The van der Waals surface area contributed by atoms with Crippen LogP contribution in [0.15, 0.2) is 28.7 Å². The van der Waals surface area contributed by atoms with Crippen LogP contribution in [0.3, 0.4) is 0 Å². The Hall–Kier alpha value is -2.99. The molecule has 4 rings (SSSR count). The summed E-state index contributed by atoms with van der Waals surface area (Å²) in [4.78, 5) is 52.8. The van der Waals surface area contributed by atoms with Gasteiger partial charge < -0.3 is 19.1 Å². The van der Waals surface area contributed by atoms with Gasteiger partial charge in [0.1, 0.15) is 17.4 Å². The van der Waals surface area contributed by atoms with E-state index in [-0.39, 0.29) is 34.3 Å². The molecule has 0 saturated carbocycles. The SMILES string of the molecule is CCCCCOC(=O)COc1cc(N2C(=O)C3=C(CCCC3)C2=O)c(F)cc1Cl.COCC(C)N(C(=O)CCl)c1c(C)csc1C. The molecule has 252 valence electrons.